The molecular weight excluding hydrogens is 548 g/mol. The number of nitrogens with one attached hydrogen (secondary N) is 1. The number of carbonyl (C=O) groups is 3. The Labute approximate surface area is 224 Å². The summed E-state index contributed by atoms with van der Waals surface area (Å²) in [6, 6.07) is 7.36. The molecule has 0 saturated heterocycles. The maximum absolute atomic E-state index is 12.5. The summed E-state index contributed by atoms with van der Waals surface area (Å²) in [5, 5.41) is 3.09. The number of carbonyl (C=O) groups excluding carboxylic acids is 3. The molecule has 1 unspecified atom stereocenters. The Kier molecular flexibility index (Phi) is 9.78. The molecule has 3 rings (SSSR count). The van der Waals surface area contributed by atoms with Crippen LogP contribution in [0.3, 0.4) is 0 Å². The van der Waals surface area contributed by atoms with E-state index in [9.17, 15) is 14.4 Å². The van der Waals surface area contributed by atoms with Crippen LogP contribution in [0.1, 0.15) is 67.6 Å². The molecule has 1 fully saturated rings. The molecule has 0 radical (unpaired) electrons. The van der Waals surface area contributed by atoms with Gasteiger partial charge in [0.05, 0.1) is 28.6 Å². The third kappa shape index (κ3) is 6.03. The first kappa shape index (κ1) is 28.0. The summed E-state index contributed by atoms with van der Waals surface area (Å²) in [5.74, 6) is -0.611. The molecule has 1 aliphatic carbocycles. The zero-order valence-corrected chi connectivity index (χ0v) is 23.3. The quantitative estimate of drug-likeness (QED) is 0.345. The highest BCUT2D eigenvalue weighted by Crippen LogP contribution is 2.48. The van der Waals surface area contributed by atoms with E-state index >= 15 is 0 Å². The van der Waals surface area contributed by atoms with Crippen molar-refractivity contribution in [2.24, 2.45) is 11.7 Å². The van der Waals surface area contributed by atoms with Crippen LogP contribution in [0.15, 0.2) is 28.7 Å². The van der Waals surface area contributed by atoms with E-state index < -0.39 is 23.5 Å². The maximum Gasteiger partial charge on any atom is 0.351 e. The van der Waals surface area contributed by atoms with Gasteiger partial charge in [0.25, 0.3) is 0 Å². The molecule has 0 spiro atoms. The van der Waals surface area contributed by atoms with Crippen molar-refractivity contribution in [2.45, 2.75) is 57.9 Å². The van der Waals surface area contributed by atoms with Gasteiger partial charge in [-0.1, -0.05) is 44.4 Å². The summed E-state index contributed by atoms with van der Waals surface area (Å²) >= 11 is 4.77. The molecule has 36 heavy (non-hydrogen) atoms. The molecule has 196 valence electrons. The number of benzene rings is 1. The molecule has 1 aromatic heterocycles. The van der Waals surface area contributed by atoms with Gasteiger partial charge >= 0.3 is 18.0 Å². The summed E-state index contributed by atoms with van der Waals surface area (Å²) < 4.78 is 16.1. The second-order valence-electron chi connectivity index (χ2n) is 8.72. The zero-order valence-electron chi connectivity index (χ0n) is 20.9. The maximum atomic E-state index is 12.5. The number of primary amides is 1. The Morgan fingerprint density at radius 3 is 2.53 bits per heavy atom. The summed E-state index contributed by atoms with van der Waals surface area (Å²) in [5.41, 5.74) is 6.86. The van der Waals surface area contributed by atoms with Crippen LogP contribution in [0.25, 0.3) is 10.4 Å². The van der Waals surface area contributed by atoms with E-state index in [-0.39, 0.29) is 29.8 Å². The van der Waals surface area contributed by atoms with Gasteiger partial charge in [-0.15, -0.1) is 11.3 Å². The number of thiophene rings is 1. The van der Waals surface area contributed by atoms with Crippen LogP contribution in [-0.2, 0) is 19.8 Å². The number of urea groups is 1. The second kappa shape index (κ2) is 12.6. The minimum atomic E-state index is -0.597. The third-order valence-corrected chi connectivity index (χ3v) is 8.88. The van der Waals surface area contributed by atoms with Gasteiger partial charge in [-0.2, -0.15) is 0 Å². The molecule has 1 aliphatic rings. The van der Waals surface area contributed by atoms with Gasteiger partial charge in [0.1, 0.15) is 0 Å². The molecule has 1 saturated carbocycles. The Morgan fingerprint density at radius 1 is 1.19 bits per heavy atom. The van der Waals surface area contributed by atoms with Gasteiger partial charge in [0, 0.05) is 0 Å². The van der Waals surface area contributed by atoms with Crippen LogP contribution in [0.5, 0.6) is 5.75 Å². The van der Waals surface area contributed by atoms with Gasteiger partial charge in [-0.05, 0) is 65.2 Å². The third-order valence-electron chi connectivity index (χ3n) is 6.67. The molecular formula is C26H33BrN2O6S. The predicted molar refractivity (Wildman–Crippen MR) is 142 cm³/mol. The zero-order chi connectivity index (χ0) is 26.3. The van der Waals surface area contributed by atoms with Crippen LogP contribution in [0.4, 0.5) is 4.79 Å². The minimum Gasteiger partial charge on any atom is -0.479 e. The smallest absolute Gasteiger partial charge is 0.351 e. The summed E-state index contributed by atoms with van der Waals surface area (Å²) in [4.78, 5) is 37.5. The standard InChI is InChI=1S/C26H33BrN2O6S/c1-4-26(29-25(28)32,17-11-7-6-8-12-17)18-13-9-10-16(14-18)22-20(27)21(23(36-22)24(31)33-3)35-15-19(30)34-5-2/h9-10,13-14,17H,4-8,11-12,15H2,1-3H3,(H3,28,29,32). The SMILES string of the molecule is CCOC(=O)COc1c(C(=O)OC)sc(-c2cccc(C(CC)(NC(N)=O)C3CCCCC3)c2)c1Br. The Bertz CT molecular complexity index is 1100. The van der Waals surface area contributed by atoms with Crippen molar-refractivity contribution >= 4 is 45.2 Å². The van der Waals surface area contributed by atoms with E-state index in [0.29, 0.717) is 10.9 Å². The van der Waals surface area contributed by atoms with Crippen LogP contribution < -0.4 is 15.8 Å². The number of esters is 2. The molecule has 1 aromatic carbocycles. The van der Waals surface area contributed by atoms with Gasteiger partial charge < -0.3 is 25.3 Å². The highest BCUT2D eigenvalue weighted by Gasteiger charge is 2.40. The normalized spacial score (nSPS) is 15.6. The number of hydrogen-bond acceptors (Lipinski definition) is 7. The van der Waals surface area contributed by atoms with Gasteiger partial charge in [0.15, 0.2) is 17.2 Å². The first-order valence-corrected chi connectivity index (χ1v) is 13.8. The lowest BCUT2D eigenvalue weighted by Gasteiger charge is -2.43. The molecule has 2 amide bonds. The predicted octanol–water partition coefficient (Wildman–Crippen LogP) is 5.76. The fourth-order valence-corrected chi connectivity index (χ4v) is 6.98. The number of halogens is 1. The number of methoxy groups -OCH3 is 1. The molecule has 1 heterocycles. The Morgan fingerprint density at radius 2 is 1.92 bits per heavy atom. The largest absolute Gasteiger partial charge is 0.479 e. The Hall–Kier alpha value is -2.59. The van der Waals surface area contributed by atoms with Crippen LogP contribution in [0, 0.1) is 5.92 Å². The van der Waals surface area contributed by atoms with Crippen molar-refractivity contribution < 1.29 is 28.6 Å². The van der Waals surface area contributed by atoms with Crippen molar-refractivity contribution in [2.75, 3.05) is 20.3 Å². The van der Waals surface area contributed by atoms with Crippen molar-refractivity contribution in [1.82, 2.24) is 5.32 Å². The average Bonchev–Trinajstić information content (AvgIpc) is 3.22. The molecule has 8 nitrogen and oxygen atoms in total. The lowest BCUT2D eigenvalue weighted by atomic mass is 9.69. The summed E-state index contributed by atoms with van der Waals surface area (Å²) in [6.45, 7) is 3.67. The fraction of sp³-hybridized carbons (Fsp3) is 0.500. The monoisotopic (exact) mass is 580 g/mol. The second-order valence-corrected chi connectivity index (χ2v) is 10.5. The van der Waals surface area contributed by atoms with Gasteiger partial charge in [-0.25, -0.2) is 14.4 Å². The summed E-state index contributed by atoms with van der Waals surface area (Å²) in [6.07, 6.45) is 6.15. The van der Waals surface area contributed by atoms with Gasteiger partial charge in [0.2, 0.25) is 0 Å². The first-order valence-electron chi connectivity index (χ1n) is 12.1. The number of rotatable bonds is 10. The number of hydrogen-bond donors (Lipinski definition) is 2. The van der Waals surface area contributed by atoms with E-state index in [1.54, 1.807) is 6.92 Å². The van der Waals surface area contributed by atoms with E-state index in [4.69, 9.17) is 19.9 Å². The topological polar surface area (TPSA) is 117 Å². The number of nitrogens with two attached hydrogens (primary N) is 1. The van der Waals surface area contributed by atoms with E-state index in [2.05, 4.69) is 28.2 Å². The molecule has 0 bridgehead atoms. The lowest BCUT2D eigenvalue weighted by Crippen LogP contribution is -2.53. The van der Waals surface area contributed by atoms with Crippen LogP contribution >= 0.6 is 27.3 Å². The number of ether oxygens (including phenoxy) is 3. The molecule has 3 N–H and O–H groups in total. The molecule has 2 aromatic rings. The Balaban J connectivity index is 2.06. The summed E-state index contributed by atoms with van der Waals surface area (Å²) in [7, 11) is 1.29. The van der Waals surface area contributed by atoms with Crippen LogP contribution in [-0.4, -0.2) is 38.3 Å². The van der Waals surface area contributed by atoms with Crippen LogP contribution in [0.2, 0.25) is 0 Å². The van der Waals surface area contributed by atoms with Crippen molar-refractivity contribution in [3.8, 4) is 16.2 Å². The minimum absolute atomic E-state index is 0.226. The lowest BCUT2D eigenvalue weighted by molar-refractivity contribution is -0.145. The average molecular weight is 582 g/mol. The first-order chi connectivity index (χ1) is 17.3. The van der Waals surface area contributed by atoms with E-state index in [1.165, 1.54) is 24.9 Å². The van der Waals surface area contributed by atoms with Crippen molar-refractivity contribution in [1.29, 1.82) is 0 Å². The van der Waals surface area contributed by atoms with E-state index in [0.717, 1.165) is 41.7 Å². The fourth-order valence-electron chi connectivity index (χ4n) is 5.02. The molecule has 0 aliphatic heterocycles. The highest BCUT2D eigenvalue weighted by molar-refractivity contribution is 9.10. The van der Waals surface area contributed by atoms with Gasteiger partial charge in [-0.3, -0.25) is 0 Å². The molecule has 10 heteroatoms. The highest BCUT2D eigenvalue weighted by atomic mass is 79.9. The van der Waals surface area contributed by atoms with E-state index in [1.807, 2.05) is 24.3 Å². The number of amides is 2. The van der Waals surface area contributed by atoms with Crippen molar-refractivity contribution in [3.63, 3.8) is 0 Å². The molecule has 1 atom stereocenters. The van der Waals surface area contributed by atoms with Crippen molar-refractivity contribution in [3.05, 3.63) is 39.2 Å².